The first kappa shape index (κ1) is 12.9. The number of fused-ring (bicyclic) bond motifs is 1. The molecule has 4 nitrogen and oxygen atoms in total. The summed E-state index contributed by atoms with van der Waals surface area (Å²) in [6.07, 6.45) is 12.4. The first-order chi connectivity index (χ1) is 8.90. The molecule has 18 heavy (non-hydrogen) atoms. The molecule has 2 N–H and O–H groups in total. The molecule has 0 atom stereocenters. The smallest absolute Gasteiger partial charge is 0.121 e. The third-order valence-corrected chi connectivity index (χ3v) is 3.16. The number of aliphatic imine (C=N–C) groups is 1. The van der Waals surface area contributed by atoms with Crippen LogP contribution in [0.2, 0.25) is 0 Å². The van der Waals surface area contributed by atoms with E-state index in [0.717, 1.165) is 23.6 Å². The summed E-state index contributed by atoms with van der Waals surface area (Å²) in [7, 11) is 0. The molecule has 0 saturated carbocycles. The lowest BCUT2D eigenvalue weighted by atomic mass is 10.1. The van der Waals surface area contributed by atoms with Crippen molar-refractivity contribution in [2.45, 2.75) is 51.9 Å². The summed E-state index contributed by atoms with van der Waals surface area (Å²) >= 11 is 0. The fourth-order valence-electron chi connectivity index (χ4n) is 2.08. The Kier molecular flexibility index (Phi) is 5.00. The van der Waals surface area contributed by atoms with Crippen molar-refractivity contribution < 1.29 is 0 Å². The van der Waals surface area contributed by atoms with Crippen LogP contribution >= 0.6 is 0 Å². The maximum absolute atomic E-state index is 4.56. The Bertz CT molecular complexity index is 401. The van der Waals surface area contributed by atoms with Gasteiger partial charge in [0.25, 0.3) is 0 Å². The third-order valence-electron chi connectivity index (χ3n) is 3.16. The number of hydrogen-bond donors (Lipinski definition) is 2. The van der Waals surface area contributed by atoms with E-state index in [4.69, 9.17) is 0 Å². The first-order valence-electron chi connectivity index (χ1n) is 6.93. The van der Waals surface area contributed by atoms with Crippen molar-refractivity contribution in [2.24, 2.45) is 4.99 Å². The number of hydrogen-bond acceptors (Lipinski definition) is 4. The van der Waals surface area contributed by atoms with Crippen LogP contribution in [0.3, 0.4) is 0 Å². The van der Waals surface area contributed by atoms with E-state index in [1.165, 1.54) is 38.5 Å². The summed E-state index contributed by atoms with van der Waals surface area (Å²) < 4.78 is 0. The van der Waals surface area contributed by atoms with E-state index in [2.05, 4.69) is 27.8 Å². The van der Waals surface area contributed by atoms with Gasteiger partial charge in [0.05, 0.1) is 11.9 Å². The van der Waals surface area contributed by atoms with Gasteiger partial charge in [-0.2, -0.15) is 0 Å². The van der Waals surface area contributed by atoms with Crippen molar-refractivity contribution in [3.05, 3.63) is 18.5 Å². The molecule has 0 radical (unpaired) electrons. The first-order valence-corrected chi connectivity index (χ1v) is 6.93. The van der Waals surface area contributed by atoms with Gasteiger partial charge in [0.1, 0.15) is 11.5 Å². The quantitative estimate of drug-likeness (QED) is 0.720. The molecule has 0 spiro atoms. The van der Waals surface area contributed by atoms with Gasteiger partial charge in [-0.1, -0.05) is 39.0 Å². The Morgan fingerprint density at radius 2 is 1.89 bits per heavy atom. The van der Waals surface area contributed by atoms with Gasteiger partial charge in [-0.25, -0.2) is 4.99 Å². The molecule has 0 unspecified atom stereocenters. The molecule has 0 bridgehead atoms. The second-order valence-corrected chi connectivity index (χ2v) is 4.72. The molecule has 1 aromatic rings. The number of nitrogens with zero attached hydrogens (tertiary/aromatic N) is 2. The Hall–Kier alpha value is -1.58. The van der Waals surface area contributed by atoms with Gasteiger partial charge in [0.15, 0.2) is 0 Å². The van der Waals surface area contributed by atoms with Crippen molar-refractivity contribution >= 4 is 17.2 Å². The summed E-state index contributed by atoms with van der Waals surface area (Å²) in [5, 5.41) is 0. The highest BCUT2D eigenvalue weighted by molar-refractivity contribution is 5.90. The van der Waals surface area contributed by atoms with Crippen molar-refractivity contribution in [3.8, 4) is 0 Å². The number of nitrogens with one attached hydrogen (secondary N) is 2. The molecule has 0 aromatic carbocycles. The van der Waals surface area contributed by atoms with Crippen LogP contribution < -0.4 is 10.9 Å². The summed E-state index contributed by atoms with van der Waals surface area (Å²) in [5.74, 6) is 1.02. The molecule has 0 fully saturated rings. The lowest BCUT2D eigenvalue weighted by molar-refractivity contribution is 0.613. The Morgan fingerprint density at radius 3 is 2.78 bits per heavy atom. The van der Waals surface area contributed by atoms with Crippen molar-refractivity contribution in [1.82, 2.24) is 10.4 Å². The Morgan fingerprint density at radius 1 is 1.06 bits per heavy atom. The van der Waals surface area contributed by atoms with Gasteiger partial charge in [0.2, 0.25) is 0 Å². The number of anilines is 1. The molecule has 2 rings (SSSR count). The molecular weight excluding hydrogens is 224 g/mol. The van der Waals surface area contributed by atoms with Gasteiger partial charge >= 0.3 is 0 Å². The zero-order chi connectivity index (χ0) is 12.6. The standard InChI is InChI=1S/C14H22N4/c1-2-3-4-5-6-7-8-14-16-13-11-15-10-9-12(13)17-18-14/h9-11,17H,2-8H2,1H3,(H,16,18). The molecule has 1 aromatic heterocycles. The number of unbranched alkanes of at least 4 members (excludes halogenated alkanes) is 5. The molecular formula is C14H22N4. The predicted octanol–water partition coefficient (Wildman–Crippen LogP) is 3.79. The number of aromatic nitrogens is 1. The van der Waals surface area contributed by atoms with E-state index in [0.29, 0.717) is 0 Å². The maximum Gasteiger partial charge on any atom is 0.121 e. The van der Waals surface area contributed by atoms with Crippen LogP contribution in [0.4, 0.5) is 11.4 Å². The monoisotopic (exact) mass is 246 g/mol. The van der Waals surface area contributed by atoms with Gasteiger partial charge < -0.3 is 0 Å². The van der Waals surface area contributed by atoms with Crippen LogP contribution in [0.25, 0.3) is 0 Å². The minimum absolute atomic E-state index is 0.928. The van der Waals surface area contributed by atoms with Crippen LogP contribution in [-0.4, -0.2) is 10.8 Å². The molecule has 4 heteroatoms. The molecule has 0 saturated heterocycles. The molecule has 98 valence electrons. The van der Waals surface area contributed by atoms with Gasteiger partial charge in [0, 0.05) is 12.6 Å². The summed E-state index contributed by atoms with van der Waals surface area (Å²) in [4.78, 5) is 8.65. The number of amidine groups is 1. The number of pyridine rings is 1. The van der Waals surface area contributed by atoms with Crippen molar-refractivity contribution in [2.75, 3.05) is 5.43 Å². The number of hydrazine groups is 1. The molecule has 1 aliphatic rings. The highest BCUT2D eigenvalue weighted by Gasteiger charge is 2.09. The second kappa shape index (κ2) is 6.99. The molecule has 1 aliphatic heterocycles. The van der Waals surface area contributed by atoms with Crippen LogP contribution in [-0.2, 0) is 0 Å². The largest absolute Gasteiger partial charge is 0.298 e. The normalized spacial score (nSPS) is 13.3. The third kappa shape index (κ3) is 3.72. The Balaban J connectivity index is 1.73. The Labute approximate surface area is 109 Å². The summed E-state index contributed by atoms with van der Waals surface area (Å²) in [6, 6.07) is 1.92. The fraction of sp³-hybridized carbons (Fsp3) is 0.571. The highest BCUT2D eigenvalue weighted by atomic mass is 15.4. The zero-order valence-electron chi connectivity index (χ0n) is 11.1. The summed E-state index contributed by atoms with van der Waals surface area (Å²) in [5.41, 5.74) is 8.23. The predicted molar refractivity (Wildman–Crippen MR) is 76.1 cm³/mol. The topological polar surface area (TPSA) is 49.3 Å². The van der Waals surface area contributed by atoms with E-state index in [9.17, 15) is 0 Å². The zero-order valence-corrected chi connectivity index (χ0v) is 11.1. The van der Waals surface area contributed by atoms with Gasteiger partial charge in [-0.15, -0.1) is 0 Å². The number of rotatable bonds is 7. The van der Waals surface area contributed by atoms with E-state index in [-0.39, 0.29) is 0 Å². The van der Waals surface area contributed by atoms with E-state index >= 15 is 0 Å². The van der Waals surface area contributed by atoms with Crippen molar-refractivity contribution in [1.29, 1.82) is 0 Å². The SMILES string of the molecule is CCCCCCCCC1=Nc2cnccc2NN1. The van der Waals surface area contributed by atoms with Crippen LogP contribution in [0.1, 0.15) is 51.9 Å². The second-order valence-electron chi connectivity index (χ2n) is 4.72. The average Bonchev–Trinajstić information content (AvgIpc) is 2.42. The van der Waals surface area contributed by atoms with Gasteiger partial charge in [-0.05, 0) is 12.5 Å². The van der Waals surface area contributed by atoms with Gasteiger partial charge in [-0.3, -0.25) is 15.8 Å². The lowest BCUT2D eigenvalue weighted by Crippen LogP contribution is -2.31. The summed E-state index contributed by atoms with van der Waals surface area (Å²) in [6.45, 7) is 2.25. The lowest BCUT2D eigenvalue weighted by Gasteiger charge is -2.18. The average molecular weight is 246 g/mol. The molecule has 0 aliphatic carbocycles. The van der Waals surface area contributed by atoms with Crippen LogP contribution in [0.5, 0.6) is 0 Å². The van der Waals surface area contributed by atoms with E-state index in [1.54, 1.807) is 12.4 Å². The van der Waals surface area contributed by atoms with E-state index < -0.39 is 0 Å². The fourth-order valence-corrected chi connectivity index (χ4v) is 2.08. The highest BCUT2D eigenvalue weighted by Crippen LogP contribution is 2.25. The van der Waals surface area contributed by atoms with Crippen molar-refractivity contribution in [3.63, 3.8) is 0 Å². The van der Waals surface area contributed by atoms with Crippen LogP contribution in [0, 0.1) is 0 Å². The maximum atomic E-state index is 4.56. The van der Waals surface area contributed by atoms with Crippen LogP contribution in [0.15, 0.2) is 23.5 Å². The molecule has 0 amide bonds. The van der Waals surface area contributed by atoms with E-state index in [1.807, 2.05) is 6.07 Å². The minimum Gasteiger partial charge on any atom is -0.298 e. The minimum atomic E-state index is 0.928. The molecule has 2 heterocycles.